The smallest absolute Gasteiger partial charge is 0.165 e. The molecule has 0 radical (unpaired) electrons. The molecule has 26 heavy (non-hydrogen) atoms. The minimum atomic E-state index is 0.0396. The highest BCUT2D eigenvalue weighted by Gasteiger charge is 2.22. The van der Waals surface area contributed by atoms with Gasteiger partial charge in [0, 0.05) is 11.5 Å². The molecule has 0 aliphatic rings. The van der Waals surface area contributed by atoms with Gasteiger partial charge in [-0.1, -0.05) is 71.4 Å². The van der Waals surface area contributed by atoms with Gasteiger partial charge in [0.1, 0.15) is 0 Å². The summed E-state index contributed by atoms with van der Waals surface area (Å²) in [6, 6.07) is 7.87. The second-order valence-electron chi connectivity index (χ2n) is 6.40. The zero-order chi connectivity index (χ0) is 20.7. The predicted octanol–water partition coefficient (Wildman–Crippen LogP) is 7.61. The second-order valence-corrected chi connectivity index (χ2v) is 6.40. The minimum absolute atomic E-state index is 0.0396. The third-order valence-electron chi connectivity index (χ3n) is 4.43. The highest BCUT2D eigenvalue weighted by Crippen LogP contribution is 2.23. The lowest BCUT2D eigenvalue weighted by molar-refractivity contribution is 0.0858. The molecule has 0 spiro atoms. The summed E-state index contributed by atoms with van der Waals surface area (Å²) in [6.07, 6.45) is 4.14. The maximum Gasteiger partial charge on any atom is 0.165 e. The summed E-state index contributed by atoms with van der Waals surface area (Å²) in [6.45, 7) is 20.3. The van der Waals surface area contributed by atoms with Gasteiger partial charge in [-0.05, 0) is 52.5 Å². The minimum Gasteiger partial charge on any atom is -0.496 e. The first-order valence-electron chi connectivity index (χ1n) is 10.3. The Bertz CT molecular complexity index is 499. The van der Waals surface area contributed by atoms with Gasteiger partial charge in [0.25, 0.3) is 0 Å². The van der Waals surface area contributed by atoms with Crippen LogP contribution in [0.25, 0.3) is 0 Å². The molecule has 1 rings (SSSR count). The van der Waals surface area contributed by atoms with Crippen molar-refractivity contribution in [3.8, 4) is 0 Å². The summed E-state index contributed by atoms with van der Waals surface area (Å²) in [5, 5.41) is 0. The summed E-state index contributed by atoms with van der Waals surface area (Å²) < 4.78 is 5.76. The third kappa shape index (κ3) is 10.4. The zero-order valence-electron chi connectivity index (χ0n) is 18.8. The largest absolute Gasteiger partial charge is 0.496 e. The van der Waals surface area contributed by atoms with Crippen LogP contribution < -0.4 is 0 Å². The lowest BCUT2D eigenvalue weighted by atomic mass is 9.85. The zero-order valence-corrected chi connectivity index (χ0v) is 18.8. The summed E-state index contributed by atoms with van der Waals surface area (Å²) >= 11 is 0. The van der Waals surface area contributed by atoms with Crippen molar-refractivity contribution in [2.24, 2.45) is 11.8 Å². The molecule has 0 aliphatic heterocycles. The number of carbonyl (C=O) groups is 1. The lowest BCUT2D eigenvalue weighted by Gasteiger charge is -2.21. The van der Waals surface area contributed by atoms with Gasteiger partial charge in [0.15, 0.2) is 5.78 Å². The van der Waals surface area contributed by atoms with Crippen LogP contribution in [0.1, 0.15) is 91.1 Å². The van der Waals surface area contributed by atoms with Crippen LogP contribution in [0.2, 0.25) is 0 Å². The molecule has 0 aromatic heterocycles. The highest BCUT2D eigenvalue weighted by molar-refractivity contribution is 5.97. The molecular formula is C24H42O2. The Morgan fingerprint density at radius 1 is 1.00 bits per heavy atom. The Morgan fingerprint density at radius 3 is 1.96 bits per heavy atom. The second kappa shape index (κ2) is 15.7. The van der Waals surface area contributed by atoms with E-state index in [1.165, 1.54) is 5.56 Å². The summed E-state index contributed by atoms with van der Waals surface area (Å²) in [5.74, 6) is 1.60. The van der Waals surface area contributed by atoms with Gasteiger partial charge in [-0.25, -0.2) is 0 Å². The molecule has 3 atom stereocenters. The maximum atomic E-state index is 12.5. The molecule has 2 heteroatoms. The van der Waals surface area contributed by atoms with Crippen LogP contribution in [0.15, 0.2) is 36.1 Å². The Morgan fingerprint density at radius 2 is 1.50 bits per heavy atom. The van der Waals surface area contributed by atoms with E-state index in [9.17, 15) is 4.79 Å². The van der Waals surface area contributed by atoms with Crippen molar-refractivity contribution < 1.29 is 9.53 Å². The number of Topliss-reactive ketones (excluding diaryl/α,β-unsaturated/α-hetero) is 1. The van der Waals surface area contributed by atoms with Gasteiger partial charge in [-0.15, -0.1) is 0 Å². The molecule has 3 unspecified atom stereocenters. The van der Waals surface area contributed by atoms with E-state index in [-0.39, 0.29) is 17.8 Å². The molecule has 0 amide bonds. The molecule has 0 saturated heterocycles. The van der Waals surface area contributed by atoms with Gasteiger partial charge < -0.3 is 4.74 Å². The third-order valence-corrected chi connectivity index (χ3v) is 4.43. The summed E-state index contributed by atoms with van der Waals surface area (Å²) in [4.78, 5) is 12.5. The van der Waals surface area contributed by atoms with Crippen molar-refractivity contribution in [2.45, 2.75) is 88.2 Å². The average Bonchev–Trinajstić information content (AvgIpc) is 2.68. The van der Waals surface area contributed by atoms with Gasteiger partial charge >= 0.3 is 0 Å². The standard InChI is InChI=1S/C20H30O2.2C2H6/c1-7-16(4)22-17(5)11-10-15(3)18(6)20(21)19-12-8-14(2)9-13-19;2*1-2/h7-9,12-13,15,17-18H,10-11H2,1-6H3;2*1-2H3/b16-7-;;. The van der Waals surface area contributed by atoms with E-state index in [2.05, 4.69) is 13.8 Å². The van der Waals surface area contributed by atoms with E-state index < -0.39 is 0 Å². The van der Waals surface area contributed by atoms with Crippen LogP contribution in [-0.2, 0) is 4.74 Å². The van der Waals surface area contributed by atoms with Gasteiger partial charge in [0.2, 0.25) is 0 Å². The molecule has 0 fully saturated rings. The van der Waals surface area contributed by atoms with Gasteiger partial charge in [0.05, 0.1) is 11.9 Å². The van der Waals surface area contributed by atoms with Gasteiger partial charge in [-0.2, -0.15) is 0 Å². The van der Waals surface area contributed by atoms with Gasteiger partial charge in [-0.3, -0.25) is 4.79 Å². The first kappa shape index (κ1) is 26.7. The maximum absolute atomic E-state index is 12.5. The number of allylic oxidation sites excluding steroid dienone is 2. The highest BCUT2D eigenvalue weighted by atomic mass is 16.5. The molecule has 1 aromatic rings. The number of hydrogen-bond donors (Lipinski definition) is 0. The molecule has 1 aromatic carbocycles. The van der Waals surface area contributed by atoms with E-state index in [1.54, 1.807) is 0 Å². The number of ketones is 1. The normalized spacial score (nSPS) is 14.0. The first-order valence-corrected chi connectivity index (χ1v) is 10.3. The fraction of sp³-hybridized carbons (Fsp3) is 0.625. The topological polar surface area (TPSA) is 26.3 Å². The average molecular weight is 363 g/mol. The molecule has 2 nitrogen and oxygen atoms in total. The van der Waals surface area contributed by atoms with Crippen LogP contribution in [-0.4, -0.2) is 11.9 Å². The Labute approximate surface area is 163 Å². The van der Waals surface area contributed by atoms with Crippen LogP contribution >= 0.6 is 0 Å². The van der Waals surface area contributed by atoms with Crippen molar-refractivity contribution in [2.75, 3.05) is 0 Å². The van der Waals surface area contributed by atoms with Crippen molar-refractivity contribution in [3.63, 3.8) is 0 Å². The van der Waals surface area contributed by atoms with Crippen LogP contribution in [0.3, 0.4) is 0 Å². The Balaban J connectivity index is 0. The van der Waals surface area contributed by atoms with E-state index in [0.29, 0.717) is 5.92 Å². The predicted molar refractivity (Wildman–Crippen MR) is 116 cm³/mol. The number of ether oxygens (including phenoxy) is 1. The van der Waals surface area contributed by atoms with Crippen molar-refractivity contribution in [1.29, 1.82) is 0 Å². The number of carbonyl (C=O) groups excluding carboxylic acids is 1. The van der Waals surface area contributed by atoms with Crippen LogP contribution in [0.4, 0.5) is 0 Å². The molecule has 0 heterocycles. The van der Waals surface area contributed by atoms with Crippen LogP contribution in [0, 0.1) is 18.8 Å². The fourth-order valence-electron chi connectivity index (χ4n) is 2.43. The molecular weight excluding hydrogens is 320 g/mol. The molecule has 150 valence electrons. The van der Waals surface area contributed by atoms with E-state index in [4.69, 9.17) is 4.74 Å². The number of hydrogen-bond acceptors (Lipinski definition) is 2. The molecule has 0 aliphatic carbocycles. The quantitative estimate of drug-likeness (QED) is 0.351. The number of rotatable bonds is 8. The van der Waals surface area contributed by atoms with Crippen LogP contribution in [0.5, 0.6) is 0 Å². The van der Waals surface area contributed by atoms with E-state index >= 15 is 0 Å². The first-order chi connectivity index (χ1) is 12.3. The van der Waals surface area contributed by atoms with Crippen molar-refractivity contribution >= 4 is 5.78 Å². The summed E-state index contributed by atoms with van der Waals surface area (Å²) in [7, 11) is 0. The summed E-state index contributed by atoms with van der Waals surface area (Å²) in [5.41, 5.74) is 2.00. The number of benzene rings is 1. The molecule has 0 saturated carbocycles. The SMILES string of the molecule is C/C=C(/C)OC(C)CCC(C)C(C)C(=O)c1ccc(C)cc1.CC.CC. The molecule has 0 bridgehead atoms. The van der Waals surface area contributed by atoms with E-state index in [1.807, 2.05) is 85.7 Å². The molecule has 0 N–H and O–H groups in total. The van der Waals surface area contributed by atoms with Crippen molar-refractivity contribution in [3.05, 3.63) is 47.2 Å². The fourth-order valence-corrected chi connectivity index (χ4v) is 2.43. The van der Waals surface area contributed by atoms with Crippen molar-refractivity contribution in [1.82, 2.24) is 0 Å². The number of aryl methyl sites for hydroxylation is 1. The lowest BCUT2D eigenvalue weighted by Crippen LogP contribution is -2.20. The Kier molecular flexibility index (Phi) is 16.1. The van der Waals surface area contributed by atoms with E-state index in [0.717, 1.165) is 24.2 Å². The Hall–Kier alpha value is -1.57. The monoisotopic (exact) mass is 362 g/mol.